The van der Waals surface area contributed by atoms with Gasteiger partial charge in [-0.1, -0.05) is 25.1 Å². The number of imidazole rings is 1. The van der Waals surface area contributed by atoms with E-state index in [9.17, 15) is 0 Å². The van der Waals surface area contributed by atoms with Crippen LogP contribution in [0.15, 0.2) is 48.7 Å². The lowest BCUT2D eigenvalue weighted by molar-refractivity contribution is 0.162. The number of hydrogen-bond donors (Lipinski definition) is 1. The number of benzene rings is 1. The number of nitrogens with zero attached hydrogens (tertiary/aromatic N) is 4. The summed E-state index contributed by atoms with van der Waals surface area (Å²) in [6.07, 6.45) is 4.47. The Hall–Kier alpha value is -2.24. The van der Waals surface area contributed by atoms with E-state index in [0.29, 0.717) is 6.04 Å². The summed E-state index contributed by atoms with van der Waals surface area (Å²) in [6.45, 7) is 7.35. The average molecular weight is 349 g/mol. The smallest absolute Gasteiger partial charge is 0.121 e. The summed E-state index contributed by atoms with van der Waals surface area (Å²) in [5, 5.41) is 0. The molecule has 1 fully saturated rings. The molecule has 0 spiro atoms. The minimum Gasteiger partial charge on any atom is -0.341 e. The van der Waals surface area contributed by atoms with Crippen LogP contribution in [0.2, 0.25) is 0 Å². The number of aromatic amines is 1. The predicted octanol–water partition coefficient (Wildman–Crippen LogP) is 3.44. The molecule has 5 nitrogen and oxygen atoms in total. The molecule has 3 aromatic rings. The van der Waals surface area contributed by atoms with Gasteiger partial charge in [0, 0.05) is 25.3 Å². The van der Waals surface area contributed by atoms with Gasteiger partial charge in [-0.3, -0.25) is 14.8 Å². The summed E-state index contributed by atoms with van der Waals surface area (Å²) in [5.41, 5.74) is 3.26. The highest BCUT2D eigenvalue weighted by Gasteiger charge is 2.25. The van der Waals surface area contributed by atoms with Gasteiger partial charge in [-0.05, 0) is 50.2 Å². The lowest BCUT2D eigenvalue weighted by Gasteiger charge is -2.29. The van der Waals surface area contributed by atoms with E-state index in [-0.39, 0.29) is 0 Å². The lowest BCUT2D eigenvalue weighted by atomic mass is 10.2. The Morgan fingerprint density at radius 1 is 1.15 bits per heavy atom. The van der Waals surface area contributed by atoms with Gasteiger partial charge >= 0.3 is 0 Å². The molecule has 26 heavy (non-hydrogen) atoms. The van der Waals surface area contributed by atoms with Crippen molar-refractivity contribution < 1.29 is 0 Å². The highest BCUT2D eigenvalue weighted by molar-refractivity contribution is 5.74. The largest absolute Gasteiger partial charge is 0.341 e. The minimum absolute atomic E-state index is 0.632. The van der Waals surface area contributed by atoms with Crippen molar-refractivity contribution in [3.63, 3.8) is 0 Å². The Labute approximate surface area is 155 Å². The number of aromatic nitrogens is 3. The Morgan fingerprint density at radius 3 is 2.85 bits per heavy atom. The van der Waals surface area contributed by atoms with Gasteiger partial charge in [-0.15, -0.1) is 0 Å². The molecule has 0 aliphatic carbocycles. The van der Waals surface area contributed by atoms with Crippen molar-refractivity contribution in [2.24, 2.45) is 0 Å². The molecule has 1 unspecified atom stereocenters. The Balaban J connectivity index is 1.53. The summed E-state index contributed by atoms with van der Waals surface area (Å²) < 4.78 is 0. The van der Waals surface area contributed by atoms with Crippen LogP contribution in [0.1, 0.15) is 31.3 Å². The quantitative estimate of drug-likeness (QED) is 0.710. The summed E-state index contributed by atoms with van der Waals surface area (Å²) in [5.74, 6) is 1.03. The fourth-order valence-corrected chi connectivity index (χ4v) is 4.01. The third-order valence-corrected chi connectivity index (χ3v) is 5.30. The molecular formula is C21H27N5. The zero-order chi connectivity index (χ0) is 17.8. The van der Waals surface area contributed by atoms with Crippen LogP contribution in [0.4, 0.5) is 0 Å². The number of fused-ring (bicyclic) bond motifs is 1. The average Bonchev–Trinajstić information content (AvgIpc) is 3.28. The number of hydrogen-bond acceptors (Lipinski definition) is 4. The van der Waals surface area contributed by atoms with E-state index >= 15 is 0 Å². The molecule has 1 aromatic carbocycles. The van der Waals surface area contributed by atoms with Crippen LogP contribution in [0.25, 0.3) is 11.0 Å². The lowest BCUT2D eigenvalue weighted by Crippen LogP contribution is -2.40. The van der Waals surface area contributed by atoms with Gasteiger partial charge < -0.3 is 4.98 Å². The molecule has 0 radical (unpaired) electrons. The molecule has 3 heterocycles. The number of likely N-dealkylation sites (tertiary alicyclic amines) is 1. The van der Waals surface area contributed by atoms with Crippen molar-refractivity contribution in [1.82, 2.24) is 24.8 Å². The van der Waals surface area contributed by atoms with Crippen molar-refractivity contribution in [3.8, 4) is 0 Å². The van der Waals surface area contributed by atoms with Gasteiger partial charge in [0.2, 0.25) is 0 Å². The molecule has 1 atom stereocenters. The summed E-state index contributed by atoms with van der Waals surface area (Å²) >= 11 is 0. The van der Waals surface area contributed by atoms with E-state index in [4.69, 9.17) is 4.98 Å². The first kappa shape index (κ1) is 17.2. The third-order valence-electron chi connectivity index (χ3n) is 5.30. The second-order valence-corrected chi connectivity index (χ2v) is 7.12. The SMILES string of the molecule is CCN1CCCC1CN(Cc1ccccn1)Cc1nc2ccccc2[nH]1. The second-order valence-electron chi connectivity index (χ2n) is 7.12. The highest BCUT2D eigenvalue weighted by atomic mass is 15.2. The number of H-pyrrole nitrogens is 1. The predicted molar refractivity (Wildman–Crippen MR) is 105 cm³/mol. The summed E-state index contributed by atoms with van der Waals surface area (Å²) in [6, 6.07) is 15.0. The van der Waals surface area contributed by atoms with Crippen LogP contribution in [-0.2, 0) is 13.1 Å². The van der Waals surface area contributed by atoms with Crippen LogP contribution in [-0.4, -0.2) is 50.4 Å². The van der Waals surface area contributed by atoms with Gasteiger partial charge in [0.05, 0.1) is 23.3 Å². The number of rotatable bonds is 7. The first-order valence-corrected chi connectivity index (χ1v) is 9.62. The van der Waals surface area contributed by atoms with Crippen molar-refractivity contribution in [3.05, 3.63) is 60.2 Å². The van der Waals surface area contributed by atoms with Crippen LogP contribution in [0.3, 0.4) is 0 Å². The second kappa shape index (κ2) is 7.98. The topological polar surface area (TPSA) is 48.1 Å². The molecule has 136 valence electrons. The molecule has 5 heteroatoms. The van der Waals surface area contributed by atoms with E-state index in [1.807, 2.05) is 24.4 Å². The molecule has 1 aliphatic rings. The van der Waals surface area contributed by atoms with Crippen molar-refractivity contribution in [2.45, 2.75) is 38.9 Å². The number of nitrogens with one attached hydrogen (secondary N) is 1. The molecule has 2 aromatic heterocycles. The van der Waals surface area contributed by atoms with Gasteiger partial charge in [-0.2, -0.15) is 0 Å². The van der Waals surface area contributed by atoms with Gasteiger partial charge in [0.25, 0.3) is 0 Å². The molecule has 0 bridgehead atoms. The Kier molecular flexibility index (Phi) is 5.27. The van der Waals surface area contributed by atoms with E-state index in [1.165, 1.54) is 19.4 Å². The molecule has 1 saturated heterocycles. The molecule has 1 N–H and O–H groups in total. The Bertz CT molecular complexity index is 796. The zero-order valence-electron chi connectivity index (χ0n) is 15.4. The number of para-hydroxylation sites is 2. The van der Waals surface area contributed by atoms with Crippen molar-refractivity contribution in [2.75, 3.05) is 19.6 Å². The minimum atomic E-state index is 0.632. The first-order valence-electron chi connectivity index (χ1n) is 9.62. The number of likely N-dealkylation sites (N-methyl/N-ethyl adjacent to an activating group) is 1. The van der Waals surface area contributed by atoms with Gasteiger partial charge in [0.1, 0.15) is 5.82 Å². The fraction of sp³-hybridized carbons (Fsp3) is 0.429. The van der Waals surface area contributed by atoms with Crippen LogP contribution in [0, 0.1) is 0 Å². The van der Waals surface area contributed by atoms with E-state index in [2.05, 4.69) is 51.0 Å². The standard InChI is InChI=1S/C21H27N5/c1-2-26-13-7-9-18(26)15-25(14-17-8-5-6-12-22-17)16-21-23-19-10-3-4-11-20(19)24-21/h3-6,8,10-12,18H,2,7,9,13-16H2,1H3,(H,23,24). The zero-order valence-corrected chi connectivity index (χ0v) is 15.4. The maximum Gasteiger partial charge on any atom is 0.121 e. The van der Waals surface area contributed by atoms with Crippen LogP contribution >= 0.6 is 0 Å². The third kappa shape index (κ3) is 3.94. The first-order chi connectivity index (χ1) is 12.8. The molecular weight excluding hydrogens is 322 g/mol. The Morgan fingerprint density at radius 2 is 2.04 bits per heavy atom. The fourth-order valence-electron chi connectivity index (χ4n) is 4.01. The van der Waals surface area contributed by atoms with E-state index < -0.39 is 0 Å². The molecule has 1 aliphatic heterocycles. The van der Waals surface area contributed by atoms with Crippen LogP contribution in [0.5, 0.6) is 0 Å². The van der Waals surface area contributed by atoms with E-state index in [0.717, 1.165) is 48.7 Å². The molecule has 0 amide bonds. The normalized spacial score (nSPS) is 18.2. The van der Waals surface area contributed by atoms with Gasteiger partial charge in [0.15, 0.2) is 0 Å². The van der Waals surface area contributed by atoms with Crippen molar-refractivity contribution in [1.29, 1.82) is 0 Å². The van der Waals surface area contributed by atoms with E-state index in [1.54, 1.807) is 0 Å². The van der Waals surface area contributed by atoms with Gasteiger partial charge in [-0.25, -0.2) is 4.98 Å². The molecule has 0 saturated carbocycles. The summed E-state index contributed by atoms with van der Waals surface area (Å²) in [4.78, 5) is 17.9. The monoisotopic (exact) mass is 349 g/mol. The van der Waals surface area contributed by atoms with Crippen molar-refractivity contribution >= 4 is 11.0 Å². The maximum absolute atomic E-state index is 4.78. The molecule has 4 rings (SSSR count). The maximum atomic E-state index is 4.78. The van der Waals surface area contributed by atoms with Crippen LogP contribution < -0.4 is 0 Å². The highest BCUT2D eigenvalue weighted by Crippen LogP contribution is 2.20. The number of pyridine rings is 1. The summed E-state index contributed by atoms with van der Waals surface area (Å²) in [7, 11) is 0.